The molecule has 0 aromatic heterocycles. The van der Waals surface area contributed by atoms with E-state index in [-0.39, 0.29) is 11.5 Å². The van der Waals surface area contributed by atoms with Crippen LogP contribution in [-0.4, -0.2) is 28.1 Å². The van der Waals surface area contributed by atoms with Crippen molar-refractivity contribution in [2.45, 2.75) is 45.4 Å². The lowest BCUT2D eigenvalue weighted by Gasteiger charge is -2.32. The Labute approximate surface area is 119 Å². The van der Waals surface area contributed by atoms with Gasteiger partial charge in [0.25, 0.3) is 0 Å². The van der Waals surface area contributed by atoms with E-state index >= 15 is 0 Å². The van der Waals surface area contributed by atoms with Crippen LogP contribution < -0.4 is 0 Å². The number of aliphatic hydroxyl groups is 1. The summed E-state index contributed by atoms with van der Waals surface area (Å²) in [7, 11) is 0. The molecule has 0 saturated carbocycles. The van der Waals surface area contributed by atoms with E-state index in [2.05, 4.69) is 0 Å². The summed E-state index contributed by atoms with van der Waals surface area (Å²) in [5.41, 5.74) is 0.642. The molecular formula is C15H23NO2S. The van der Waals surface area contributed by atoms with Crippen LogP contribution in [0.4, 0.5) is 0 Å². The predicted molar refractivity (Wildman–Crippen MR) is 80.1 cm³/mol. The van der Waals surface area contributed by atoms with Gasteiger partial charge in [0.1, 0.15) is 5.76 Å². The summed E-state index contributed by atoms with van der Waals surface area (Å²) in [5, 5.41) is 18.1. The lowest BCUT2D eigenvalue weighted by atomic mass is 9.77. The van der Waals surface area contributed by atoms with Crippen molar-refractivity contribution in [1.29, 1.82) is 5.41 Å². The number of Topliss-reactive ketones (excluding diaryl/α,β-unsaturated/α-hetero) is 1. The molecule has 0 spiro atoms. The van der Waals surface area contributed by atoms with Gasteiger partial charge in [-0.05, 0) is 42.6 Å². The Morgan fingerprint density at radius 1 is 1.42 bits per heavy atom. The van der Waals surface area contributed by atoms with Gasteiger partial charge in [-0.25, -0.2) is 0 Å². The van der Waals surface area contributed by atoms with E-state index in [4.69, 9.17) is 5.41 Å². The van der Waals surface area contributed by atoms with Crippen molar-refractivity contribution in [3.8, 4) is 0 Å². The quantitative estimate of drug-likeness (QED) is 0.772. The molecule has 1 aliphatic heterocycles. The topological polar surface area (TPSA) is 61.1 Å². The molecule has 0 aromatic carbocycles. The van der Waals surface area contributed by atoms with Gasteiger partial charge >= 0.3 is 0 Å². The highest BCUT2D eigenvalue weighted by Gasteiger charge is 2.34. The fraction of sp³-hybridized carbons (Fsp3) is 0.733. The average molecular weight is 281 g/mol. The van der Waals surface area contributed by atoms with E-state index in [1.54, 1.807) is 0 Å². The summed E-state index contributed by atoms with van der Waals surface area (Å²) in [6.45, 7) is 1.99. The van der Waals surface area contributed by atoms with Gasteiger partial charge in [0.2, 0.25) is 0 Å². The second-order valence-corrected chi connectivity index (χ2v) is 6.77. The van der Waals surface area contributed by atoms with Crippen LogP contribution in [0.1, 0.15) is 45.4 Å². The van der Waals surface area contributed by atoms with Crippen LogP contribution in [0.5, 0.6) is 0 Å². The van der Waals surface area contributed by atoms with Crippen LogP contribution in [-0.2, 0) is 4.79 Å². The van der Waals surface area contributed by atoms with Crippen LogP contribution in [0, 0.1) is 17.2 Å². The summed E-state index contributed by atoms with van der Waals surface area (Å²) < 4.78 is 0. The molecule has 1 heterocycles. The lowest BCUT2D eigenvalue weighted by Crippen LogP contribution is -2.30. The lowest BCUT2D eigenvalue weighted by molar-refractivity contribution is -0.117. The van der Waals surface area contributed by atoms with E-state index in [9.17, 15) is 9.90 Å². The number of hydrogen-bond acceptors (Lipinski definition) is 4. The van der Waals surface area contributed by atoms with Crippen molar-refractivity contribution in [2.24, 2.45) is 11.8 Å². The van der Waals surface area contributed by atoms with Gasteiger partial charge in [0.15, 0.2) is 5.78 Å². The molecular weight excluding hydrogens is 258 g/mol. The van der Waals surface area contributed by atoms with Crippen LogP contribution >= 0.6 is 11.8 Å². The zero-order valence-corrected chi connectivity index (χ0v) is 12.4. The molecule has 1 fully saturated rings. The molecule has 0 radical (unpaired) electrons. The van der Waals surface area contributed by atoms with Crippen molar-refractivity contribution in [3.63, 3.8) is 0 Å². The number of carbonyl (C=O) groups excluding carboxylic acids is 1. The first-order chi connectivity index (χ1) is 9.13. The minimum atomic E-state index is -0.0113. The van der Waals surface area contributed by atoms with Crippen molar-refractivity contribution < 1.29 is 9.90 Å². The van der Waals surface area contributed by atoms with Crippen LogP contribution in [0.2, 0.25) is 0 Å². The molecule has 2 atom stereocenters. The molecule has 106 valence electrons. The molecule has 3 nitrogen and oxygen atoms in total. The molecule has 1 aliphatic carbocycles. The van der Waals surface area contributed by atoms with E-state index in [0.717, 1.165) is 12.2 Å². The number of allylic oxidation sites excluding steroid dienone is 2. The van der Waals surface area contributed by atoms with Gasteiger partial charge in [0, 0.05) is 18.6 Å². The Morgan fingerprint density at radius 2 is 2.21 bits per heavy atom. The molecule has 0 bridgehead atoms. The second kappa shape index (κ2) is 6.60. The number of ketones is 1. The van der Waals surface area contributed by atoms with Crippen molar-refractivity contribution in [1.82, 2.24) is 0 Å². The molecule has 1 saturated heterocycles. The smallest absolute Gasteiger partial charge is 0.168 e. The summed E-state index contributed by atoms with van der Waals surface area (Å²) in [4.78, 5) is 12.2. The number of aliphatic hydroxyl groups excluding tert-OH is 1. The highest BCUT2D eigenvalue weighted by atomic mass is 32.2. The highest BCUT2D eigenvalue weighted by Crippen LogP contribution is 2.37. The maximum atomic E-state index is 12.2. The van der Waals surface area contributed by atoms with Gasteiger partial charge in [-0.3, -0.25) is 4.79 Å². The molecule has 2 rings (SSSR count). The van der Waals surface area contributed by atoms with Gasteiger partial charge in [0.05, 0.1) is 5.57 Å². The molecule has 2 N–H and O–H groups in total. The van der Waals surface area contributed by atoms with Crippen molar-refractivity contribution >= 4 is 23.3 Å². The highest BCUT2D eigenvalue weighted by molar-refractivity contribution is 7.99. The van der Waals surface area contributed by atoms with Crippen molar-refractivity contribution in [3.05, 3.63) is 11.3 Å². The zero-order chi connectivity index (χ0) is 13.8. The molecule has 2 unspecified atom stereocenters. The summed E-state index contributed by atoms with van der Waals surface area (Å²) in [6.07, 6.45) is 4.94. The normalized spacial score (nSPS) is 28.6. The van der Waals surface area contributed by atoms with Crippen LogP contribution in [0.15, 0.2) is 11.3 Å². The van der Waals surface area contributed by atoms with Crippen LogP contribution in [0.25, 0.3) is 0 Å². The summed E-state index contributed by atoms with van der Waals surface area (Å²) in [5.74, 6) is 3.36. The SMILES string of the molecule is CCCC(=N)C1=C(O)CC(C2CCCSC2)CC1=O. The molecule has 0 aromatic rings. The third-order valence-electron chi connectivity index (χ3n) is 4.13. The van der Waals surface area contributed by atoms with Crippen molar-refractivity contribution in [2.75, 3.05) is 11.5 Å². The third-order valence-corrected chi connectivity index (χ3v) is 5.38. The Bertz CT molecular complexity index is 397. The standard InChI is InChI=1S/C15H23NO2S/c1-2-4-12(16)15-13(17)7-11(8-14(15)18)10-5-3-6-19-9-10/h10-11,16-17H,2-9H2,1H3. The number of nitrogens with one attached hydrogen (secondary N) is 1. The first kappa shape index (κ1) is 14.6. The summed E-state index contributed by atoms with van der Waals surface area (Å²) >= 11 is 1.96. The molecule has 4 heteroatoms. The number of thioether (sulfide) groups is 1. The van der Waals surface area contributed by atoms with Gasteiger partial charge in [-0.1, -0.05) is 13.3 Å². The number of rotatable bonds is 4. The van der Waals surface area contributed by atoms with Gasteiger partial charge in [-0.2, -0.15) is 11.8 Å². The van der Waals surface area contributed by atoms with E-state index < -0.39 is 0 Å². The first-order valence-corrected chi connectivity index (χ1v) is 8.39. The Kier molecular flexibility index (Phi) is 5.08. The van der Waals surface area contributed by atoms with E-state index in [1.807, 2.05) is 18.7 Å². The fourth-order valence-corrected chi connectivity index (χ4v) is 4.39. The minimum absolute atomic E-state index is 0.0113. The number of hydrogen-bond donors (Lipinski definition) is 2. The van der Waals surface area contributed by atoms with Gasteiger partial charge < -0.3 is 10.5 Å². The molecule has 2 aliphatic rings. The minimum Gasteiger partial charge on any atom is -0.511 e. The monoisotopic (exact) mass is 281 g/mol. The first-order valence-electron chi connectivity index (χ1n) is 7.24. The number of carbonyl (C=O) groups is 1. The Balaban J connectivity index is 2.08. The third kappa shape index (κ3) is 3.41. The maximum Gasteiger partial charge on any atom is 0.168 e. The molecule has 0 amide bonds. The second-order valence-electron chi connectivity index (χ2n) is 5.62. The van der Waals surface area contributed by atoms with Crippen LogP contribution in [0.3, 0.4) is 0 Å². The maximum absolute atomic E-state index is 12.2. The predicted octanol–water partition coefficient (Wildman–Crippen LogP) is 3.74. The Morgan fingerprint density at radius 3 is 2.79 bits per heavy atom. The fourth-order valence-electron chi connectivity index (χ4n) is 3.11. The van der Waals surface area contributed by atoms with E-state index in [1.165, 1.54) is 18.6 Å². The Hall–Kier alpha value is -0.770. The molecule has 19 heavy (non-hydrogen) atoms. The van der Waals surface area contributed by atoms with Gasteiger partial charge in [-0.15, -0.1) is 0 Å². The largest absolute Gasteiger partial charge is 0.511 e. The average Bonchev–Trinajstić information content (AvgIpc) is 2.39. The summed E-state index contributed by atoms with van der Waals surface area (Å²) in [6, 6.07) is 0. The zero-order valence-electron chi connectivity index (χ0n) is 11.6. The van der Waals surface area contributed by atoms with E-state index in [0.29, 0.717) is 42.4 Å².